The number of rotatable bonds is 5. The third-order valence-corrected chi connectivity index (χ3v) is 4.68. The van der Waals surface area contributed by atoms with Crippen LogP contribution in [-0.4, -0.2) is 13.1 Å². The summed E-state index contributed by atoms with van der Waals surface area (Å²) in [7, 11) is 0. The molecule has 2 N–H and O–H groups in total. The van der Waals surface area contributed by atoms with Gasteiger partial charge in [-0.1, -0.05) is 18.2 Å². The van der Waals surface area contributed by atoms with Crippen LogP contribution >= 0.6 is 27.3 Å². The highest BCUT2D eigenvalue weighted by Crippen LogP contribution is 2.32. The second-order valence-corrected chi connectivity index (χ2v) is 6.51. The minimum absolute atomic E-state index is 0.244. The summed E-state index contributed by atoms with van der Waals surface area (Å²) in [5.41, 5.74) is 7.20. The van der Waals surface area contributed by atoms with Crippen molar-refractivity contribution < 1.29 is 0 Å². The van der Waals surface area contributed by atoms with E-state index in [0.717, 1.165) is 10.3 Å². The lowest BCUT2D eigenvalue weighted by atomic mass is 10.1. The number of nitrogens with zero attached hydrogens (tertiary/aromatic N) is 1. The van der Waals surface area contributed by atoms with Crippen molar-refractivity contribution in [2.75, 3.05) is 18.0 Å². The fourth-order valence-electron chi connectivity index (χ4n) is 2.11. The van der Waals surface area contributed by atoms with Gasteiger partial charge in [0.2, 0.25) is 0 Å². The largest absolute Gasteiger partial charge is 0.363 e. The minimum atomic E-state index is 0.244. The quantitative estimate of drug-likeness (QED) is 0.899. The van der Waals surface area contributed by atoms with Gasteiger partial charge < -0.3 is 10.6 Å². The van der Waals surface area contributed by atoms with Gasteiger partial charge in [0.1, 0.15) is 0 Å². The summed E-state index contributed by atoms with van der Waals surface area (Å²) >= 11 is 5.27. The van der Waals surface area contributed by atoms with Gasteiger partial charge >= 0.3 is 0 Å². The van der Waals surface area contributed by atoms with E-state index in [1.54, 1.807) is 11.3 Å². The molecule has 0 fully saturated rings. The molecule has 1 aromatic heterocycles. The molecule has 1 atom stereocenters. The Hall–Kier alpha value is -0.840. The van der Waals surface area contributed by atoms with E-state index in [9.17, 15) is 0 Å². The highest BCUT2D eigenvalue weighted by Gasteiger charge is 2.19. The van der Waals surface area contributed by atoms with Crippen molar-refractivity contribution in [1.82, 2.24) is 0 Å². The van der Waals surface area contributed by atoms with E-state index in [1.165, 1.54) is 10.6 Å². The number of thiophene rings is 1. The van der Waals surface area contributed by atoms with Gasteiger partial charge in [0, 0.05) is 23.7 Å². The van der Waals surface area contributed by atoms with E-state index >= 15 is 0 Å². The lowest BCUT2D eigenvalue weighted by Gasteiger charge is -2.31. The second kappa shape index (κ2) is 6.36. The maximum atomic E-state index is 5.98. The predicted molar refractivity (Wildman–Crippen MR) is 83.3 cm³/mol. The van der Waals surface area contributed by atoms with Gasteiger partial charge in [0.05, 0.1) is 9.83 Å². The molecule has 2 rings (SSSR count). The van der Waals surface area contributed by atoms with Crippen molar-refractivity contribution >= 4 is 33.0 Å². The lowest BCUT2D eigenvalue weighted by Crippen LogP contribution is -2.33. The third-order valence-electron chi connectivity index (χ3n) is 2.95. The Bertz CT molecular complexity index is 484. The second-order valence-electron chi connectivity index (χ2n) is 4.01. The molecule has 0 radical (unpaired) electrons. The van der Waals surface area contributed by atoms with Crippen LogP contribution in [0.25, 0.3) is 0 Å². The van der Waals surface area contributed by atoms with E-state index in [2.05, 4.69) is 64.2 Å². The first kappa shape index (κ1) is 13.6. The standard InChI is InChI=1S/C14H17BrN2S/c1-2-17(11-6-4-3-5-7-11)12(10-16)13-8-9-14(15)18-13/h3-9,12H,2,10,16H2,1H3. The van der Waals surface area contributed by atoms with Gasteiger partial charge in [-0.3, -0.25) is 0 Å². The number of halogens is 1. The van der Waals surface area contributed by atoms with Crippen LogP contribution in [0.1, 0.15) is 17.8 Å². The Morgan fingerprint density at radius 1 is 1.22 bits per heavy atom. The molecule has 0 saturated heterocycles. The summed E-state index contributed by atoms with van der Waals surface area (Å²) in [6.07, 6.45) is 0. The zero-order chi connectivity index (χ0) is 13.0. The highest BCUT2D eigenvalue weighted by molar-refractivity contribution is 9.11. The van der Waals surface area contributed by atoms with Gasteiger partial charge in [0.15, 0.2) is 0 Å². The summed E-state index contributed by atoms with van der Waals surface area (Å²) in [4.78, 5) is 3.65. The predicted octanol–water partition coefficient (Wildman–Crippen LogP) is 4.04. The number of benzene rings is 1. The first-order chi connectivity index (χ1) is 8.76. The Labute approximate surface area is 121 Å². The number of para-hydroxylation sites is 1. The maximum absolute atomic E-state index is 5.98. The van der Waals surface area contributed by atoms with E-state index in [4.69, 9.17) is 5.73 Å². The summed E-state index contributed by atoms with van der Waals surface area (Å²) in [6, 6.07) is 14.9. The molecule has 96 valence electrons. The topological polar surface area (TPSA) is 29.3 Å². The fraction of sp³-hybridized carbons (Fsp3) is 0.286. The van der Waals surface area contributed by atoms with E-state index in [-0.39, 0.29) is 6.04 Å². The first-order valence-electron chi connectivity index (χ1n) is 6.03. The summed E-state index contributed by atoms with van der Waals surface area (Å²) < 4.78 is 1.15. The average Bonchev–Trinajstić information content (AvgIpc) is 2.83. The third kappa shape index (κ3) is 2.94. The monoisotopic (exact) mass is 324 g/mol. The molecule has 0 bridgehead atoms. The molecule has 0 aliphatic carbocycles. The molecule has 1 heterocycles. The molecule has 1 aromatic carbocycles. The number of hydrogen-bond acceptors (Lipinski definition) is 3. The van der Waals surface area contributed by atoms with Crippen molar-refractivity contribution in [1.29, 1.82) is 0 Å². The minimum Gasteiger partial charge on any atom is -0.363 e. The van der Waals surface area contributed by atoms with E-state index in [1.807, 2.05) is 6.07 Å². The molecule has 1 unspecified atom stereocenters. The smallest absolute Gasteiger partial charge is 0.0757 e. The van der Waals surface area contributed by atoms with Gasteiger partial charge in [-0.2, -0.15) is 0 Å². The van der Waals surface area contributed by atoms with Crippen molar-refractivity contribution in [3.05, 3.63) is 51.1 Å². The molecule has 0 saturated carbocycles. The highest BCUT2D eigenvalue weighted by atomic mass is 79.9. The molecule has 0 amide bonds. The number of likely N-dealkylation sites (N-methyl/N-ethyl adjacent to an activating group) is 1. The average molecular weight is 325 g/mol. The first-order valence-corrected chi connectivity index (χ1v) is 7.64. The molecule has 2 nitrogen and oxygen atoms in total. The summed E-state index contributed by atoms with van der Waals surface area (Å²) in [5.74, 6) is 0. The van der Waals surface area contributed by atoms with Crippen LogP contribution in [0.15, 0.2) is 46.3 Å². The van der Waals surface area contributed by atoms with Crippen LogP contribution in [-0.2, 0) is 0 Å². The van der Waals surface area contributed by atoms with E-state index in [0.29, 0.717) is 6.54 Å². The molecular weight excluding hydrogens is 308 g/mol. The van der Waals surface area contributed by atoms with Gasteiger partial charge in [-0.05, 0) is 47.1 Å². The van der Waals surface area contributed by atoms with Crippen LogP contribution in [0, 0.1) is 0 Å². The zero-order valence-electron chi connectivity index (χ0n) is 10.3. The molecule has 0 spiro atoms. The summed E-state index contributed by atoms with van der Waals surface area (Å²) in [5, 5.41) is 0. The fourth-order valence-corrected chi connectivity index (χ4v) is 3.66. The lowest BCUT2D eigenvalue weighted by molar-refractivity contribution is 0.653. The molecule has 0 aliphatic heterocycles. The summed E-state index contributed by atoms with van der Waals surface area (Å²) in [6.45, 7) is 3.73. The van der Waals surface area contributed by atoms with Crippen LogP contribution in [0.4, 0.5) is 5.69 Å². The Morgan fingerprint density at radius 2 is 1.94 bits per heavy atom. The van der Waals surface area contributed by atoms with Crippen molar-refractivity contribution in [3.8, 4) is 0 Å². The van der Waals surface area contributed by atoms with Crippen LogP contribution < -0.4 is 10.6 Å². The molecular formula is C14H17BrN2S. The van der Waals surface area contributed by atoms with Gasteiger partial charge in [-0.15, -0.1) is 11.3 Å². The zero-order valence-corrected chi connectivity index (χ0v) is 12.7. The van der Waals surface area contributed by atoms with Crippen LogP contribution in [0.2, 0.25) is 0 Å². The van der Waals surface area contributed by atoms with Gasteiger partial charge in [0.25, 0.3) is 0 Å². The van der Waals surface area contributed by atoms with Gasteiger partial charge in [-0.25, -0.2) is 0 Å². The Kier molecular flexibility index (Phi) is 4.80. The maximum Gasteiger partial charge on any atom is 0.0757 e. The normalized spacial score (nSPS) is 12.4. The van der Waals surface area contributed by atoms with Crippen molar-refractivity contribution in [2.24, 2.45) is 5.73 Å². The number of hydrogen-bond donors (Lipinski definition) is 1. The Morgan fingerprint density at radius 3 is 2.44 bits per heavy atom. The van der Waals surface area contributed by atoms with Crippen LogP contribution in [0.3, 0.4) is 0 Å². The molecule has 18 heavy (non-hydrogen) atoms. The van der Waals surface area contributed by atoms with Crippen LogP contribution in [0.5, 0.6) is 0 Å². The van der Waals surface area contributed by atoms with E-state index < -0.39 is 0 Å². The Balaban J connectivity index is 2.30. The molecule has 4 heteroatoms. The number of nitrogens with two attached hydrogens (primary N) is 1. The molecule has 2 aromatic rings. The number of anilines is 1. The molecule has 0 aliphatic rings. The SMILES string of the molecule is CCN(c1ccccc1)C(CN)c1ccc(Br)s1. The van der Waals surface area contributed by atoms with Crippen molar-refractivity contribution in [2.45, 2.75) is 13.0 Å². The van der Waals surface area contributed by atoms with Crippen molar-refractivity contribution in [3.63, 3.8) is 0 Å².